The first-order valence-electron chi connectivity index (χ1n) is 5.68. The van der Waals surface area contributed by atoms with Crippen LogP contribution in [0.25, 0.3) is 0 Å². The second-order valence-corrected chi connectivity index (χ2v) is 4.36. The summed E-state index contributed by atoms with van der Waals surface area (Å²) in [5.74, 6) is -0.975. The first kappa shape index (κ1) is 12.5. The Kier molecular flexibility index (Phi) is 3.57. The lowest BCUT2D eigenvalue weighted by Crippen LogP contribution is -2.57. The van der Waals surface area contributed by atoms with E-state index >= 15 is 0 Å². The molecule has 18 heavy (non-hydrogen) atoms. The molecule has 0 radical (unpaired) electrons. The summed E-state index contributed by atoms with van der Waals surface area (Å²) in [5.41, 5.74) is 0.763. The number of carboxylic acids is 1. The Balaban J connectivity index is 2.08. The molecule has 1 saturated heterocycles. The van der Waals surface area contributed by atoms with Gasteiger partial charge in [0.15, 0.2) is 0 Å². The molecule has 0 aromatic carbocycles. The minimum absolute atomic E-state index is 0.0688. The van der Waals surface area contributed by atoms with Crippen molar-refractivity contribution in [1.82, 2.24) is 14.8 Å². The van der Waals surface area contributed by atoms with Crippen LogP contribution in [0, 0.1) is 0 Å². The van der Waals surface area contributed by atoms with Crippen molar-refractivity contribution in [2.75, 3.05) is 20.1 Å². The van der Waals surface area contributed by atoms with Crippen LogP contribution in [0.5, 0.6) is 0 Å². The van der Waals surface area contributed by atoms with Crippen LogP contribution in [0.15, 0.2) is 24.4 Å². The van der Waals surface area contributed by atoms with E-state index in [0.717, 1.165) is 5.69 Å². The lowest BCUT2D eigenvalue weighted by atomic mass is 10.1. The molecule has 6 heteroatoms. The van der Waals surface area contributed by atoms with E-state index in [1.807, 2.05) is 12.1 Å². The van der Waals surface area contributed by atoms with E-state index in [2.05, 4.69) is 4.98 Å². The van der Waals surface area contributed by atoms with Gasteiger partial charge in [0.2, 0.25) is 5.91 Å². The third kappa shape index (κ3) is 2.65. The summed E-state index contributed by atoms with van der Waals surface area (Å²) in [4.78, 5) is 30.2. The Morgan fingerprint density at radius 3 is 2.94 bits per heavy atom. The van der Waals surface area contributed by atoms with Gasteiger partial charge in [0.05, 0.1) is 18.8 Å². The van der Waals surface area contributed by atoms with Gasteiger partial charge in [-0.25, -0.2) is 0 Å². The zero-order valence-corrected chi connectivity index (χ0v) is 10.1. The Hall–Kier alpha value is -1.95. The number of aromatic nitrogens is 1. The van der Waals surface area contributed by atoms with Crippen LogP contribution in [-0.4, -0.2) is 57.9 Å². The van der Waals surface area contributed by atoms with Crippen LogP contribution < -0.4 is 0 Å². The standard InChI is InChI=1S/C12H15N3O3/c1-14-8-11(16)15(7-10(14)12(17)18)6-9-4-2-3-5-13-9/h2-5,10H,6-8H2,1H3,(H,17,18). The van der Waals surface area contributed by atoms with Gasteiger partial charge in [-0.3, -0.25) is 19.5 Å². The maximum absolute atomic E-state index is 11.8. The van der Waals surface area contributed by atoms with Gasteiger partial charge in [0, 0.05) is 12.7 Å². The molecule has 0 bridgehead atoms. The van der Waals surface area contributed by atoms with Crippen molar-refractivity contribution in [2.24, 2.45) is 0 Å². The molecule has 0 saturated carbocycles. The number of piperazine rings is 1. The van der Waals surface area contributed by atoms with Crippen molar-refractivity contribution in [3.63, 3.8) is 0 Å². The Labute approximate surface area is 105 Å². The largest absolute Gasteiger partial charge is 0.480 e. The third-order valence-corrected chi connectivity index (χ3v) is 3.03. The molecule has 0 spiro atoms. The van der Waals surface area contributed by atoms with Crippen LogP contribution in [0.4, 0.5) is 0 Å². The molecule has 2 rings (SSSR count). The second-order valence-electron chi connectivity index (χ2n) is 4.36. The fourth-order valence-corrected chi connectivity index (χ4v) is 1.98. The summed E-state index contributed by atoms with van der Waals surface area (Å²) in [6.45, 7) is 0.683. The van der Waals surface area contributed by atoms with Gasteiger partial charge in [0.25, 0.3) is 0 Å². The van der Waals surface area contributed by atoms with Gasteiger partial charge >= 0.3 is 5.97 Å². The molecule has 1 atom stereocenters. The fraction of sp³-hybridized carbons (Fsp3) is 0.417. The van der Waals surface area contributed by atoms with Gasteiger partial charge in [-0.05, 0) is 19.2 Å². The van der Waals surface area contributed by atoms with Crippen molar-refractivity contribution < 1.29 is 14.7 Å². The molecule has 1 aromatic rings. The number of rotatable bonds is 3. The average molecular weight is 249 g/mol. The number of carbonyl (C=O) groups excluding carboxylic acids is 1. The number of hydrogen-bond donors (Lipinski definition) is 1. The van der Waals surface area contributed by atoms with Crippen molar-refractivity contribution in [3.05, 3.63) is 30.1 Å². The zero-order valence-electron chi connectivity index (χ0n) is 10.1. The molecule has 0 aliphatic carbocycles. The summed E-state index contributed by atoms with van der Waals surface area (Å²) in [6.07, 6.45) is 1.66. The summed E-state index contributed by atoms with van der Waals surface area (Å²) < 4.78 is 0. The Morgan fingerprint density at radius 2 is 2.33 bits per heavy atom. The summed E-state index contributed by atoms with van der Waals surface area (Å²) in [6, 6.07) is 4.82. The van der Waals surface area contributed by atoms with Gasteiger partial charge in [-0.15, -0.1) is 0 Å². The highest BCUT2D eigenvalue weighted by Gasteiger charge is 2.34. The average Bonchev–Trinajstić information content (AvgIpc) is 2.33. The van der Waals surface area contributed by atoms with Gasteiger partial charge in [0.1, 0.15) is 6.04 Å². The number of carboxylic acid groups (broad SMARTS) is 1. The molecule has 1 fully saturated rings. The number of carbonyl (C=O) groups is 2. The third-order valence-electron chi connectivity index (χ3n) is 3.03. The number of nitrogens with zero attached hydrogens (tertiary/aromatic N) is 3. The van der Waals surface area contributed by atoms with Crippen molar-refractivity contribution >= 4 is 11.9 Å². The van der Waals surface area contributed by atoms with Crippen molar-refractivity contribution in [1.29, 1.82) is 0 Å². The molecule has 96 valence electrons. The molecule has 1 N–H and O–H groups in total. The topological polar surface area (TPSA) is 73.7 Å². The van der Waals surface area contributed by atoms with Crippen molar-refractivity contribution in [2.45, 2.75) is 12.6 Å². The fourth-order valence-electron chi connectivity index (χ4n) is 1.98. The van der Waals surface area contributed by atoms with Crippen LogP contribution >= 0.6 is 0 Å². The van der Waals surface area contributed by atoms with Crippen LogP contribution in [0.3, 0.4) is 0 Å². The summed E-state index contributed by atoms with van der Waals surface area (Å²) in [7, 11) is 1.65. The first-order chi connectivity index (χ1) is 8.58. The minimum Gasteiger partial charge on any atom is -0.480 e. The molecule has 1 aliphatic heterocycles. The molecule has 1 amide bonds. The quantitative estimate of drug-likeness (QED) is 0.803. The maximum atomic E-state index is 11.8. The number of likely N-dealkylation sites (N-methyl/N-ethyl adjacent to an activating group) is 1. The molecule has 1 aromatic heterocycles. The van der Waals surface area contributed by atoms with Gasteiger partial charge in [-0.1, -0.05) is 6.07 Å². The number of hydrogen-bond acceptors (Lipinski definition) is 4. The Morgan fingerprint density at radius 1 is 1.56 bits per heavy atom. The highest BCUT2D eigenvalue weighted by Crippen LogP contribution is 2.12. The predicted molar refractivity (Wildman–Crippen MR) is 63.7 cm³/mol. The monoisotopic (exact) mass is 249 g/mol. The minimum atomic E-state index is -0.906. The van der Waals surface area contributed by atoms with E-state index in [4.69, 9.17) is 5.11 Å². The number of amides is 1. The molecular weight excluding hydrogens is 234 g/mol. The van der Waals surface area contributed by atoms with Crippen molar-refractivity contribution in [3.8, 4) is 0 Å². The van der Waals surface area contributed by atoms with E-state index in [0.29, 0.717) is 6.54 Å². The predicted octanol–water partition coefficient (Wildman–Crippen LogP) is -0.191. The maximum Gasteiger partial charge on any atom is 0.322 e. The van der Waals surface area contributed by atoms with E-state index in [-0.39, 0.29) is 19.0 Å². The molecule has 2 heterocycles. The van der Waals surface area contributed by atoms with E-state index in [1.54, 1.807) is 29.1 Å². The van der Waals surface area contributed by atoms with E-state index in [9.17, 15) is 9.59 Å². The molecular formula is C12H15N3O3. The Bertz CT molecular complexity index is 449. The molecule has 6 nitrogen and oxygen atoms in total. The highest BCUT2D eigenvalue weighted by atomic mass is 16.4. The summed E-state index contributed by atoms with van der Waals surface area (Å²) >= 11 is 0. The molecule has 1 aliphatic rings. The lowest BCUT2D eigenvalue weighted by Gasteiger charge is -2.36. The number of pyridine rings is 1. The highest BCUT2D eigenvalue weighted by molar-refractivity contribution is 5.83. The normalized spacial score (nSPS) is 21.1. The van der Waals surface area contributed by atoms with E-state index < -0.39 is 12.0 Å². The van der Waals surface area contributed by atoms with Crippen LogP contribution in [-0.2, 0) is 16.1 Å². The first-order valence-corrected chi connectivity index (χ1v) is 5.68. The smallest absolute Gasteiger partial charge is 0.322 e. The second kappa shape index (κ2) is 5.14. The van der Waals surface area contributed by atoms with Gasteiger partial charge in [-0.2, -0.15) is 0 Å². The van der Waals surface area contributed by atoms with E-state index in [1.165, 1.54) is 0 Å². The SMILES string of the molecule is CN1CC(=O)N(Cc2ccccn2)CC1C(=O)O. The lowest BCUT2D eigenvalue weighted by molar-refractivity contribution is -0.151. The summed E-state index contributed by atoms with van der Waals surface area (Å²) in [5, 5.41) is 9.08. The molecule has 1 unspecified atom stereocenters. The van der Waals surface area contributed by atoms with Crippen LogP contribution in [0.1, 0.15) is 5.69 Å². The zero-order chi connectivity index (χ0) is 13.1. The van der Waals surface area contributed by atoms with Crippen LogP contribution in [0.2, 0.25) is 0 Å². The van der Waals surface area contributed by atoms with Gasteiger partial charge < -0.3 is 10.0 Å². The number of aliphatic carboxylic acids is 1.